The van der Waals surface area contributed by atoms with Crippen molar-refractivity contribution in [1.29, 1.82) is 0 Å². The normalized spacial score (nSPS) is 22.3. The number of amides is 1. The van der Waals surface area contributed by atoms with Crippen LogP contribution in [0.5, 0.6) is 0 Å². The van der Waals surface area contributed by atoms with Gasteiger partial charge in [-0.25, -0.2) is 4.79 Å². The van der Waals surface area contributed by atoms with Crippen LogP contribution in [0.1, 0.15) is 33.6 Å². The summed E-state index contributed by atoms with van der Waals surface area (Å²) in [6.45, 7) is 11.8. The van der Waals surface area contributed by atoms with Gasteiger partial charge in [0.25, 0.3) is 0 Å². The van der Waals surface area contributed by atoms with E-state index in [0.29, 0.717) is 25.7 Å². The Morgan fingerprint density at radius 2 is 1.78 bits per heavy atom. The number of aliphatic imine (C=N–C) groups is 1. The Bertz CT molecular complexity index is 417. The molecule has 2 rings (SSSR count). The number of morpholine rings is 1. The molecule has 0 N–H and O–H groups in total. The number of carbonyl (C=O) groups is 1. The summed E-state index contributed by atoms with van der Waals surface area (Å²) in [5.74, 6) is 1.26. The number of carbonyl (C=O) groups excluding carboxylic acids is 1. The van der Waals surface area contributed by atoms with Crippen LogP contribution >= 0.6 is 0 Å². The zero-order valence-corrected chi connectivity index (χ0v) is 15.0. The molecule has 6 heteroatoms. The van der Waals surface area contributed by atoms with Gasteiger partial charge in [-0.1, -0.05) is 20.8 Å². The molecule has 0 unspecified atom stereocenters. The molecule has 0 aromatic heterocycles. The maximum Gasteiger partial charge on any atom is 0.435 e. The molecule has 2 saturated heterocycles. The fourth-order valence-corrected chi connectivity index (χ4v) is 3.02. The van der Waals surface area contributed by atoms with Gasteiger partial charge in [0.1, 0.15) is 5.84 Å². The van der Waals surface area contributed by atoms with Crippen LogP contribution < -0.4 is 0 Å². The predicted octanol–water partition coefficient (Wildman–Crippen LogP) is 2.24. The van der Waals surface area contributed by atoms with Crippen molar-refractivity contribution >= 4 is 11.9 Å². The first kappa shape index (κ1) is 18.2. The Morgan fingerprint density at radius 3 is 2.35 bits per heavy atom. The molecular weight excluding hydrogens is 294 g/mol. The third kappa shape index (κ3) is 5.77. The molecule has 0 aliphatic carbocycles. The van der Waals surface area contributed by atoms with Crippen molar-refractivity contribution in [3.8, 4) is 0 Å². The fraction of sp³-hybridized carbons (Fsp3) is 0.882. The molecule has 0 spiro atoms. The Balaban J connectivity index is 1.91. The maximum atomic E-state index is 12.2. The topological polar surface area (TPSA) is 54.4 Å². The molecule has 2 aliphatic heterocycles. The molecule has 0 aromatic rings. The van der Waals surface area contributed by atoms with E-state index in [1.165, 1.54) is 0 Å². The van der Waals surface area contributed by atoms with E-state index in [1.807, 2.05) is 0 Å². The van der Waals surface area contributed by atoms with Crippen LogP contribution in [0.4, 0.5) is 4.79 Å². The summed E-state index contributed by atoms with van der Waals surface area (Å²) in [7, 11) is 2.13. The van der Waals surface area contributed by atoms with Gasteiger partial charge >= 0.3 is 6.09 Å². The number of nitrogens with zero attached hydrogens (tertiary/aromatic N) is 3. The lowest BCUT2D eigenvalue weighted by Crippen LogP contribution is -2.46. The van der Waals surface area contributed by atoms with Crippen LogP contribution in [0, 0.1) is 11.3 Å². The lowest BCUT2D eigenvalue weighted by Gasteiger charge is -2.35. The standard InChI is InChI=1S/C17H31N3O3/c1-17(2,3)15(20-9-11-22-12-10-20)18-16(21)23-13-14-5-7-19(4)8-6-14/h14H,5-13H2,1-4H3. The molecule has 0 saturated carbocycles. The summed E-state index contributed by atoms with van der Waals surface area (Å²) in [6.07, 6.45) is 1.71. The van der Waals surface area contributed by atoms with Crippen LogP contribution in [-0.4, -0.2) is 74.8 Å². The zero-order valence-electron chi connectivity index (χ0n) is 15.0. The van der Waals surface area contributed by atoms with E-state index in [2.05, 4.69) is 42.6 Å². The molecule has 2 fully saturated rings. The molecule has 6 nitrogen and oxygen atoms in total. The molecule has 0 bridgehead atoms. The SMILES string of the molecule is CN1CCC(COC(=O)N=C(N2CCOCC2)C(C)(C)C)CC1. The van der Waals surface area contributed by atoms with Gasteiger partial charge < -0.3 is 19.3 Å². The van der Waals surface area contributed by atoms with Crippen molar-refractivity contribution in [2.75, 3.05) is 53.0 Å². The lowest BCUT2D eigenvalue weighted by molar-refractivity contribution is 0.0640. The van der Waals surface area contributed by atoms with Gasteiger partial charge in [0, 0.05) is 18.5 Å². The minimum Gasteiger partial charge on any atom is -0.448 e. The fourth-order valence-electron chi connectivity index (χ4n) is 3.02. The summed E-state index contributed by atoms with van der Waals surface area (Å²) in [5.41, 5.74) is -0.191. The molecule has 132 valence electrons. The summed E-state index contributed by atoms with van der Waals surface area (Å²) >= 11 is 0. The highest BCUT2D eigenvalue weighted by Gasteiger charge is 2.28. The number of likely N-dealkylation sites (tertiary alicyclic amines) is 1. The third-order valence-corrected chi connectivity index (χ3v) is 4.46. The van der Waals surface area contributed by atoms with E-state index in [9.17, 15) is 4.79 Å². The van der Waals surface area contributed by atoms with Crippen LogP contribution in [-0.2, 0) is 9.47 Å². The minimum absolute atomic E-state index is 0.191. The van der Waals surface area contributed by atoms with Crippen molar-refractivity contribution < 1.29 is 14.3 Å². The van der Waals surface area contributed by atoms with E-state index in [0.717, 1.165) is 44.9 Å². The van der Waals surface area contributed by atoms with Crippen LogP contribution in [0.15, 0.2) is 4.99 Å². The highest BCUT2D eigenvalue weighted by atomic mass is 16.5. The molecule has 23 heavy (non-hydrogen) atoms. The second kappa shape index (κ2) is 8.11. The first-order valence-corrected chi connectivity index (χ1v) is 8.63. The number of rotatable bonds is 2. The van der Waals surface area contributed by atoms with Gasteiger partial charge in [-0.2, -0.15) is 4.99 Å². The molecule has 2 heterocycles. The van der Waals surface area contributed by atoms with Crippen molar-refractivity contribution in [2.24, 2.45) is 16.3 Å². The number of ether oxygens (including phenoxy) is 2. The molecule has 0 radical (unpaired) electrons. The monoisotopic (exact) mass is 325 g/mol. The first-order chi connectivity index (χ1) is 10.9. The summed E-state index contributed by atoms with van der Waals surface area (Å²) in [5, 5.41) is 0. The molecule has 0 atom stereocenters. The smallest absolute Gasteiger partial charge is 0.435 e. The van der Waals surface area contributed by atoms with Gasteiger partial charge in [0.15, 0.2) is 0 Å². The zero-order chi connectivity index (χ0) is 16.9. The van der Waals surface area contributed by atoms with Crippen LogP contribution in [0.2, 0.25) is 0 Å². The van der Waals surface area contributed by atoms with Gasteiger partial charge in [-0.3, -0.25) is 0 Å². The van der Waals surface area contributed by atoms with Crippen molar-refractivity contribution in [3.63, 3.8) is 0 Å². The summed E-state index contributed by atoms with van der Waals surface area (Å²) < 4.78 is 10.8. The largest absolute Gasteiger partial charge is 0.448 e. The Kier molecular flexibility index (Phi) is 6.41. The van der Waals surface area contributed by atoms with E-state index >= 15 is 0 Å². The Morgan fingerprint density at radius 1 is 1.17 bits per heavy atom. The van der Waals surface area contributed by atoms with E-state index in [-0.39, 0.29) is 5.41 Å². The highest BCUT2D eigenvalue weighted by Crippen LogP contribution is 2.21. The van der Waals surface area contributed by atoms with Crippen molar-refractivity contribution in [1.82, 2.24) is 9.80 Å². The van der Waals surface area contributed by atoms with E-state index < -0.39 is 6.09 Å². The Labute approximate surface area is 139 Å². The van der Waals surface area contributed by atoms with E-state index in [4.69, 9.17) is 9.47 Å². The van der Waals surface area contributed by atoms with Gasteiger partial charge in [0.05, 0.1) is 19.8 Å². The second-order valence-corrected chi connectivity index (χ2v) is 7.61. The minimum atomic E-state index is -0.458. The predicted molar refractivity (Wildman–Crippen MR) is 90.9 cm³/mol. The molecule has 1 amide bonds. The van der Waals surface area contributed by atoms with Crippen molar-refractivity contribution in [2.45, 2.75) is 33.6 Å². The maximum absolute atomic E-state index is 12.2. The number of amidine groups is 1. The highest BCUT2D eigenvalue weighted by molar-refractivity contribution is 5.95. The average molecular weight is 325 g/mol. The summed E-state index contributed by atoms with van der Waals surface area (Å²) in [4.78, 5) is 20.9. The molecule has 0 aromatic carbocycles. The second-order valence-electron chi connectivity index (χ2n) is 7.61. The third-order valence-electron chi connectivity index (χ3n) is 4.46. The van der Waals surface area contributed by atoms with Crippen LogP contribution in [0.3, 0.4) is 0 Å². The van der Waals surface area contributed by atoms with Gasteiger partial charge in [0.2, 0.25) is 0 Å². The van der Waals surface area contributed by atoms with Crippen molar-refractivity contribution in [3.05, 3.63) is 0 Å². The quantitative estimate of drug-likeness (QED) is 0.576. The number of hydrogen-bond acceptors (Lipinski definition) is 4. The molecule has 2 aliphatic rings. The average Bonchev–Trinajstić information content (AvgIpc) is 2.52. The molecular formula is C17H31N3O3. The van der Waals surface area contributed by atoms with Gasteiger partial charge in [-0.05, 0) is 38.9 Å². The summed E-state index contributed by atoms with van der Waals surface area (Å²) in [6, 6.07) is 0. The van der Waals surface area contributed by atoms with Crippen LogP contribution in [0.25, 0.3) is 0 Å². The van der Waals surface area contributed by atoms with Gasteiger partial charge in [-0.15, -0.1) is 0 Å². The Hall–Kier alpha value is -1.14. The first-order valence-electron chi connectivity index (χ1n) is 8.63. The lowest BCUT2D eigenvalue weighted by atomic mass is 9.93. The van der Waals surface area contributed by atoms with E-state index in [1.54, 1.807) is 0 Å². The number of piperidine rings is 1. The number of hydrogen-bond donors (Lipinski definition) is 0.